The van der Waals surface area contributed by atoms with Gasteiger partial charge in [0.25, 0.3) is 0 Å². The Bertz CT molecular complexity index is 820. The lowest BCUT2D eigenvalue weighted by molar-refractivity contribution is 0.340. The topological polar surface area (TPSA) is 22.1 Å². The number of unbranched alkanes of at least 4 members (excludes halogenated alkanes) is 1. The average Bonchev–Trinajstić information content (AvgIpc) is 2.73. The van der Waals surface area contributed by atoms with Gasteiger partial charge in [0.2, 0.25) is 0 Å². The molecule has 1 aromatic heterocycles. The van der Waals surface area contributed by atoms with E-state index in [4.69, 9.17) is 9.72 Å². The minimum atomic E-state index is 0.291. The molecule has 0 amide bonds. The number of ether oxygens (including phenoxy) is 1. The van der Waals surface area contributed by atoms with Gasteiger partial charge in [-0.15, -0.1) is 0 Å². The van der Waals surface area contributed by atoms with E-state index in [1.54, 1.807) is 0 Å². The van der Waals surface area contributed by atoms with E-state index >= 15 is 0 Å². The number of rotatable bonds is 8. The maximum Gasteiger partial charge on any atom is 0.119 e. The van der Waals surface area contributed by atoms with Crippen LogP contribution in [0.25, 0.3) is 11.1 Å². The van der Waals surface area contributed by atoms with E-state index < -0.39 is 0 Å². The van der Waals surface area contributed by atoms with Crippen LogP contribution < -0.4 is 4.74 Å². The van der Waals surface area contributed by atoms with Gasteiger partial charge in [0.1, 0.15) is 5.75 Å². The molecule has 0 N–H and O–H groups in total. The highest BCUT2D eigenvalue weighted by Crippen LogP contribution is 2.27. The van der Waals surface area contributed by atoms with Gasteiger partial charge in [-0.3, -0.25) is 4.98 Å². The molecule has 0 fully saturated rings. The standard InChI is InChI=1S/C25H29NO/c1-4-6-7-20-8-17-25(26-18-20)19(3)21-9-11-22(12-10-21)23-13-15-24(16-14-23)27-5-2/h8-19H,4-7H2,1-3H3. The van der Waals surface area contributed by atoms with E-state index in [1.807, 2.05) is 25.3 Å². The second-order valence-electron chi connectivity index (χ2n) is 7.00. The zero-order chi connectivity index (χ0) is 19.1. The maximum atomic E-state index is 5.52. The summed E-state index contributed by atoms with van der Waals surface area (Å²) in [6.07, 6.45) is 5.60. The van der Waals surface area contributed by atoms with Gasteiger partial charge >= 0.3 is 0 Å². The predicted molar refractivity (Wildman–Crippen MR) is 113 cm³/mol. The summed E-state index contributed by atoms with van der Waals surface area (Å²) in [7, 11) is 0. The molecule has 0 spiro atoms. The fraction of sp³-hybridized carbons (Fsp3) is 0.320. The first-order chi connectivity index (χ1) is 13.2. The largest absolute Gasteiger partial charge is 0.494 e. The summed E-state index contributed by atoms with van der Waals surface area (Å²) in [5, 5.41) is 0. The van der Waals surface area contributed by atoms with Gasteiger partial charge < -0.3 is 4.74 Å². The highest BCUT2D eigenvalue weighted by molar-refractivity contribution is 5.64. The third-order valence-electron chi connectivity index (χ3n) is 5.02. The Morgan fingerprint density at radius 1 is 0.852 bits per heavy atom. The third-order valence-corrected chi connectivity index (χ3v) is 5.02. The zero-order valence-electron chi connectivity index (χ0n) is 16.6. The van der Waals surface area contributed by atoms with Crippen LogP contribution in [0.1, 0.15) is 56.4 Å². The Kier molecular flexibility index (Phi) is 6.64. The van der Waals surface area contributed by atoms with Gasteiger partial charge in [0.15, 0.2) is 0 Å². The second kappa shape index (κ2) is 9.36. The molecule has 0 aliphatic rings. The number of hydrogen-bond donors (Lipinski definition) is 0. The quantitative estimate of drug-likeness (QED) is 0.449. The van der Waals surface area contributed by atoms with E-state index in [2.05, 4.69) is 62.4 Å². The molecule has 0 aliphatic heterocycles. The lowest BCUT2D eigenvalue weighted by Gasteiger charge is -2.13. The van der Waals surface area contributed by atoms with Gasteiger partial charge in [-0.25, -0.2) is 0 Å². The van der Waals surface area contributed by atoms with Crippen LogP contribution >= 0.6 is 0 Å². The molecule has 0 saturated heterocycles. The van der Waals surface area contributed by atoms with Crippen molar-refractivity contribution >= 4 is 0 Å². The highest BCUT2D eigenvalue weighted by Gasteiger charge is 2.10. The lowest BCUT2D eigenvalue weighted by Crippen LogP contribution is -2.00. The molecule has 3 aromatic rings. The zero-order valence-corrected chi connectivity index (χ0v) is 16.6. The van der Waals surface area contributed by atoms with E-state index in [0.717, 1.165) is 17.9 Å². The smallest absolute Gasteiger partial charge is 0.119 e. The molecule has 0 bridgehead atoms. The molecule has 27 heavy (non-hydrogen) atoms. The molecular weight excluding hydrogens is 330 g/mol. The molecule has 1 heterocycles. The van der Waals surface area contributed by atoms with Crippen molar-refractivity contribution in [2.24, 2.45) is 0 Å². The first-order valence-electron chi connectivity index (χ1n) is 9.99. The summed E-state index contributed by atoms with van der Waals surface area (Å²) >= 11 is 0. The highest BCUT2D eigenvalue weighted by atomic mass is 16.5. The number of aryl methyl sites for hydroxylation is 1. The second-order valence-corrected chi connectivity index (χ2v) is 7.00. The summed E-state index contributed by atoms with van der Waals surface area (Å²) in [6, 6.07) is 21.5. The Hall–Kier alpha value is -2.61. The molecule has 0 aliphatic carbocycles. The van der Waals surface area contributed by atoms with Crippen LogP contribution in [-0.4, -0.2) is 11.6 Å². The summed E-state index contributed by atoms with van der Waals surface area (Å²) < 4.78 is 5.52. The van der Waals surface area contributed by atoms with Gasteiger partial charge in [-0.1, -0.05) is 62.7 Å². The molecule has 1 atom stereocenters. The van der Waals surface area contributed by atoms with Crippen LogP contribution in [0.5, 0.6) is 5.75 Å². The van der Waals surface area contributed by atoms with Crippen molar-refractivity contribution in [1.29, 1.82) is 0 Å². The average molecular weight is 360 g/mol. The van der Waals surface area contributed by atoms with Crippen LogP contribution in [0, 0.1) is 0 Å². The minimum absolute atomic E-state index is 0.291. The third kappa shape index (κ3) is 4.97. The summed E-state index contributed by atoms with van der Waals surface area (Å²) in [4.78, 5) is 4.70. The number of nitrogens with zero attached hydrogens (tertiary/aromatic N) is 1. The lowest BCUT2D eigenvalue weighted by atomic mass is 9.94. The first-order valence-corrected chi connectivity index (χ1v) is 9.99. The molecular formula is C25H29NO. The Labute approximate surface area is 163 Å². The van der Waals surface area contributed by atoms with Crippen molar-refractivity contribution in [3.05, 3.63) is 83.7 Å². The Morgan fingerprint density at radius 2 is 1.52 bits per heavy atom. The normalized spacial score (nSPS) is 12.0. The van der Waals surface area contributed by atoms with Crippen LogP contribution in [0.4, 0.5) is 0 Å². The van der Waals surface area contributed by atoms with Crippen LogP contribution in [-0.2, 0) is 6.42 Å². The van der Waals surface area contributed by atoms with Gasteiger partial charge in [-0.2, -0.15) is 0 Å². The fourth-order valence-electron chi connectivity index (χ4n) is 3.27. The molecule has 1 unspecified atom stereocenters. The molecule has 140 valence electrons. The van der Waals surface area contributed by atoms with Gasteiger partial charge in [-0.05, 0) is 60.2 Å². The van der Waals surface area contributed by atoms with Gasteiger partial charge in [0.05, 0.1) is 6.61 Å². The number of aromatic nitrogens is 1. The summed E-state index contributed by atoms with van der Waals surface area (Å²) in [6.45, 7) is 7.14. The molecule has 2 aromatic carbocycles. The van der Waals surface area contributed by atoms with E-state index in [9.17, 15) is 0 Å². The van der Waals surface area contributed by atoms with Crippen molar-refractivity contribution in [3.63, 3.8) is 0 Å². The van der Waals surface area contributed by atoms with E-state index in [0.29, 0.717) is 12.5 Å². The Balaban J connectivity index is 1.70. The van der Waals surface area contributed by atoms with Crippen molar-refractivity contribution < 1.29 is 4.74 Å². The monoisotopic (exact) mass is 359 g/mol. The van der Waals surface area contributed by atoms with Crippen LogP contribution in [0.15, 0.2) is 66.9 Å². The molecule has 0 saturated carbocycles. The predicted octanol–water partition coefficient (Wildman–Crippen LogP) is 6.64. The first kappa shape index (κ1) is 19.2. The Morgan fingerprint density at radius 3 is 2.07 bits per heavy atom. The summed E-state index contributed by atoms with van der Waals surface area (Å²) in [5.41, 5.74) is 6.18. The molecule has 3 rings (SSSR count). The maximum absolute atomic E-state index is 5.52. The molecule has 2 nitrogen and oxygen atoms in total. The number of hydrogen-bond acceptors (Lipinski definition) is 2. The van der Waals surface area contributed by atoms with E-state index in [1.165, 1.54) is 35.1 Å². The van der Waals surface area contributed by atoms with Crippen molar-refractivity contribution in [1.82, 2.24) is 4.98 Å². The van der Waals surface area contributed by atoms with Crippen molar-refractivity contribution in [2.45, 2.75) is 46.0 Å². The fourth-order valence-corrected chi connectivity index (χ4v) is 3.27. The van der Waals surface area contributed by atoms with E-state index in [-0.39, 0.29) is 0 Å². The SMILES string of the molecule is CCCCc1ccc(C(C)c2ccc(-c3ccc(OCC)cc3)cc2)nc1. The number of pyridine rings is 1. The minimum Gasteiger partial charge on any atom is -0.494 e. The van der Waals surface area contributed by atoms with Crippen LogP contribution in [0.2, 0.25) is 0 Å². The van der Waals surface area contributed by atoms with Gasteiger partial charge in [0, 0.05) is 17.8 Å². The number of benzene rings is 2. The molecule has 0 radical (unpaired) electrons. The molecule has 2 heteroatoms. The van der Waals surface area contributed by atoms with Crippen molar-refractivity contribution in [3.8, 4) is 16.9 Å². The summed E-state index contributed by atoms with van der Waals surface area (Å²) in [5.74, 6) is 1.21. The van der Waals surface area contributed by atoms with Crippen LogP contribution in [0.3, 0.4) is 0 Å². The van der Waals surface area contributed by atoms with Crippen molar-refractivity contribution in [2.75, 3.05) is 6.61 Å².